The van der Waals surface area contributed by atoms with E-state index in [2.05, 4.69) is 4.98 Å². The van der Waals surface area contributed by atoms with E-state index in [-0.39, 0.29) is 5.78 Å². The Bertz CT molecular complexity index is 595. The molecule has 0 fully saturated rings. The van der Waals surface area contributed by atoms with Gasteiger partial charge in [-0.2, -0.15) is 5.26 Å². The molecule has 4 heteroatoms. The molecule has 0 atom stereocenters. The molecule has 0 aliphatic rings. The van der Waals surface area contributed by atoms with Crippen LogP contribution in [0.1, 0.15) is 22.8 Å². The van der Waals surface area contributed by atoms with E-state index in [9.17, 15) is 4.79 Å². The third-order valence-electron chi connectivity index (χ3n) is 2.35. The molecule has 88 valence electrons. The first-order valence-corrected chi connectivity index (χ1v) is 5.34. The van der Waals surface area contributed by atoms with Crippen molar-refractivity contribution in [2.45, 2.75) is 6.92 Å². The molecule has 0 unspecified atom stereocenters. The van der Waals surface area contributed by atoms with Crippen LogP contribution in [0, 0.1) is 11.3 Å². The molecule has 1 aromatic carbocycles. The Balaban J connectivity index is 2.13. The van der Waals surface area contributed by atoms with E-state index >= 15 is 0 Å². The van der Waals surface area contributed by atoms with Crippen LogP contribution in [0.25, 0.3) is 0 Å². The van der Waals surface area contributed by atoms with Gasteiger partial charge in [0.15, 0.2) is 5.78 Å². The number of carbonyl (C=O) groups excluding carboxylic acids is 1. The Morgan fingerprint density at radius 1 is 1.22 bits per heavy atom. The summed E-state index contributed by atoms with van der Waals surface area (Å²) in [6.45, 7) is 1.48. The van der Waals surface area contributed by atoms with E-state index < -0.39 is 0 Å². The second kappa shape index (κ2) is 5.11. The fraction of sp³-hybridized carbons (Fsp3) is 0.0714. The lowest BCUT2D eigenvalue weighted by Crippen LogP contribution is -1.94. The maximum absolute atomic E-state index is 11.1. The van der Waals surface area contributed by atoms with Crippen LogP contribution in [-0.4, -0.2) is 10.8 Å². The van der Waals surface area contributed by atoms with Gasteiger partial charge in [-0.05, 0) is 37.3 Å². The van der Waals surface area contributed by atoms with Crippen LogP contribution in [0.4, 0.5) is 0 Å². The standard InChI is InChI=1S/C14H10N2O2/c1-10(17)12-4-7-14(16-9-12)18-13-5-2-11(8-15)3-6-13/h2-7,9H,1H3. The molecule has 4 nitrogen and oxygen atoms in total. The molecule has 0 saturated carbocycles. The number of pyridine rings is 1. The molecule has 0 saturated heterocycles. The van der Waals surface area contributed by atoms with Crippen molar-refractivity contribution in [2.75, 3.05) is 0 Å². The zero-order valence-electron chi connectivity index (χ0n) is 9.75. The van der Waals surface area contributed by atoms with Gasteiger partial charge in [0, 0.05) is 17.8 Å². The van der Waals surface area contributed by atoms with Gasteiger partial charge in [-0.3, -0.25) is 4.79 Å². The second-order valence-corrected chi connectivity index (χ2v) is 3.68. The summed E-state index contributed by atoms with van der Waals surface area (Å²) in [5, 5.41) is 8.67. The Hall–Kier alpha value is -2.67. The maximum Gasteiger partial charge on any atom is 0.219 e. The lowest BCUT2D eigenvalue weighted by Gasteiger charge is -2.04. The van der Waals surface area contributed by atoms with Crippen molar-refractivity contribution < 1.29 is 9.53 Å². The van der Waals surface area contributed by atoms with Crippen LogP contribution in [0.5, 0.6) is 11.6 Å². The number of Topliss-reactive ketones (excluding diaryl/α,β-unsaturated/α-hetero) is 1. The van der Waals surface area contributed by atoms with E-state index in [1.165, 1.54) is 13.1 Å². The molecular weight excluding hydrogens is 228 g/mol. The van der Waals surface area contributed by atoms with Gasteiger partial charge in [-0.25, -0.2) is 4.98 Å². The first kappa shape index (κ1) is 11.8. The number of benzene rings is 1. The number of carbonyl (C=O) groups is 1. The van der Waals surface area contributed by atoms with Crippen molar-refractivity contribution in [2.24, 2.45) is 0 Å². The summed E-state index contributed by atoms with van der Waals surface area (Å²) < 4.78 is 5.48. The first-order chi connectivity index (χ1) is 8.69. The van der Waals surface area contributed by atoms with Gasteiger partial charge in [-0.1, -0.05) is 0 Å². The SMILES string of the molecule is CC(=O)c1ccc(Oc2ccc(C#N)cc2)nc1. The van der Waals surface area contributed by atoms with Gasteiger partial charge in [0.2, 0.25) is 5.88 Å². The van der Waals surface area contributed by atoms with Gasteiger partial charge < -0.3 is 4.74 Å². The van der Waals surface area contributed by atoms with Crippen LogP contribution in [0.3, 0.4) is 0 Å². The van der Waals surface area contributed by atoms with E-state index in [0.717, 1.165) is 0 Å². The molecule has 0 bridgehead atoms. The fourth-order valence-corrected chi connectivity index (χ4v) is 1.37. The molecule has 18 heavy (non-hydrogen) atoms. The highest BCUT2D eigenvalue weighted by molar-refractivity contribution is 5.93. The Kier molecular flexibility index (Phi) is 3.35. The number of hydrogen-bond donors (Lipinski definition) is 0. The van der Waals surface area contributed by atoms with Gasteiger partial charge >= 0.3 is 0 Å². The molecule has 2 aromatic rings. The van der Waals surface area contributed by atoms with E-state index in [4.69, 9.17) is 10.00 Å². The molecule has 0 spiro atoms. The third-order valence-corrected chi connectivity index (χ3v) is 2.35. The largest absolute Gasteiger partial charge is 0.439 e. The van der Waals surface area contributed by atoms with Gasteiger partial charge in [0.1, 0.15) is 5.75 Å². The van der Waals surface area contributed by atoms with Crippen LogP contribution >= 0.6 is 0 Å². The van der Waals surface area contributed by atoms with Crippen molar-refractivity contribution in [1.29, 1.82) is 5.26 Å². The molecule has 0 radical (unpaired) electrons. The first-order valence-electron chi connectivity index (χ1n) is 5.34. The monoisotopic (exact) mass is 238 g/mol. The lowest BCUT2D eigenvalue weighted by atomic mass is 10.2. The van der Waals surface area contributed by atoms with Crippen molar-refractivity contribution in [1.82, 2.24) is 4.98 Å². The highest BCUT2D eigenvalue weighted by atomic mass is 16.5. The van der Waals surface area contributed by atoms with Crippen LogP contribution in [0.2, 0.25) is 0 Å². The Labute approximate surface area is 104 Å². The van der Waals surface area contributed by atoms with Crippen molar-refractivity contribution in [3.05, 3.63) is 53.7 Å². The summed E-state index contributed by atoms with van der Waals surface area (Å²) in [4.78, 5) is 15.1. The predicted molar refractivity (Wildman–Crippen MR) is 65.5 cm³/mol. The fourth-order valence-electron chi connectivity index (χ4n) is 1.37. The Morgan fingerprint density at radius 2 is 1.94 bits per heavy atom. The summed E-state index contributed by atoms with van der Waals surface area (Å²) in [7, 11) is 0. The zero-order valence-corrected chi connectivity index (χ0v) is 9.75. The smallest absolute Gasteiger partial charge is 0.219 e. The topological polar surface area (TPSA) is 63.0 Å². The number of hydrogen-bond acceptors (Lipinski definition) is 4. The number of nitriles is 1. The number of aromatic nitrogens is 1. The Morgan fingerprint density at radius 3 is 2.44 bits per heavy atom. The number of ether oxygens (including phenoxy) is 1. The van der Waals surface area contributed by atoms with Crippen molar-refractivity contribution in [3.8, 4) is 17.7 Å². The minimum absolute atomic E-state index is 0.0348. The van der Waals surface area contributed by atoms with E-state index in [1.807, 2.05) is 6.07 Å². The number of ketones is 1. The van der Waals surface area contributed by atoms with Crippen molar-refractivity contribution >= 4 is 5.78 Å². The van der Waals surface area contributed by atoms with Crippen LogP contribution in [0.15, 0.2) is 42.6 Å². The molecule has 0 amide bonds. The highest BCUT2D eigenvalue weighted by Crippen LogP contribution is 2.19. The molecule has 1 heterocycles. The average molecular weight is 238 g/mol. The van der Waals surface area contributed by atoms with Crippen LogP contribution < -0.4 is 4.74 Å². The summed E-state index contributed by atoms with van der Waals surface area (Å²) in [6, 6.07) is 12.0. The minimum atomic E-state index is -0.0348. The second-order valence-electron chi connectivity index (χ2n) is 3.68. The predicted octanol–water partition coefficient (Wildman–Crippen LogP) is 2.95. The molecule has 2 rings (SSSR count). The summed E-state index contributed by atoms with van der Waals surface area (Å²) in [6.07, 6.45) is 1.47. The number of rotatable bonds is 3. The van der Waals surface area contributed by atoms with E-state index in [1.54, 1.807) is 36.4 Å². The minimum Gasteiger partial charge on any atom is -0.439 e. The van der Waals surface area contributed by atoms with Crippen molar-refractivity contribution in [3.63, 3.8) is 0 Å². The molecule has 0 N–H and O–H groups in total. The van der Waals surface area contributed by atoms with Crippen LogP contribution in [-0.2, 0) is 0 Å². The van der Waals surface area contributed by atoms with Gasteiger partial charge in [0.05, 0.1) is 11.6 Å². The highest BCUT2D eigenvalue weighted by Gasteiger charge is 2.02. The summed E-state index contributed by atoms with van der Waals surface area (Å²) in [5.74, 6) is 0.967. The molecule has 0 aliphatic heterocycles. The third kappa shape index (κ3) is 2.71. The maximum atomic E-state index is 11.1. The lowest BCUT2D eigenvalue weighted by molar-refractivity contribution is 0.101. The summed E-state index contributed by atoms with van der Waals surface area (Å²) >= 11 is 0. The molecule has 1 aromatic heterocycles. The molecular formula is C14H10N2O2. The molecule has 0 aliphatic carbocycles. The van der Waals surface area contributed by atoms with Gasteiger partial charge in [0.25, 0.3) is 0 Å². The van der Waals surface area contributed by atoms with Gasteiger partial charge in [-0.15, -0.1) is 0 Å². The average Bonchev–Trinajstić information content (AvgIpc) is 2.40. The van der Waals surface area contributed by atoms with E-state index in [0.29, 0.717) is 22.8 Å². The quantitative estimate of drug-likeness (QED) is 0.771. The summed E-state index contributed by atoms with van der Waals surface area (Å²) in [5.41, 5.74) is 1.12. The zero-order chi connectivity index (χ0) is 13.0. The normalized spacial score (nSPS) is 9.56. The number of nitrogens with zero attached hydrogens (tertiary/aromatic N) is 2.